The Bertz CT molecular complexity index is 1270. The van der Waals surface area contributed by atoms with Gasteiger partial charge in [-0.1, -0.05) is 0 Å². The standard InChI is InChI=1S/C26H31F2N7O2S/c1-16-15-30-26(33-24(16)31-20-8-13-38-22(20)23(29)36)32-19-5-4-18(14-21(19)37-25(27)28)35-11-6-17(7-12-35)34-9-2-3-10-34/h4-5,8,13-15,17,25H,2-3,6-7,9-12H2,1H3,(H2,29,36)(H2,30,31,32,33). The van der Waals surface area contributed by atoms with Crippen LogP contribution >= 0.6 is 11.3 Å². The van der Waals surface area contributed by atoms with E-state index in [9.17, 15) is 13.6 Å². The topological polar surface area (TPSA) is 109 Å². The van der Waals surface area contributed by atoms with Crippen molar-refractivity contribution in [3.05, 3.63) is 46.3 Å². The molecule has 2 fully saturated rings. The van der Waals surface area contributed by atoms with E-state index >= 15 is 0 Å². The number of halogens is 2. The number of benzene rings is 1. The number of piperidine rings is 1. The maximum absolute atomic E-state index is 13.3. The zero-order valence-corrected chi connectivity index (χ0v) is 21.9. The van der Waals surface area contributed by atoms with Crippen LogP contribution < -0.4 is 26.0 Å². The average molecular weight is 544 g/mol. The number of ether oxygens (including phenoxy) is 1. The number of hydrogen-bond donors (Lipinski definition) is 3. The lowest BCUT2D eigenvalue weighted by molar-refractivity contribution is -0.0493. The van der Waals surface area contributed by atoms with Gasteiger partial charge in [0, 0.05) is 42.6 Å². The van der Waals surface area contributed by atoms with Gasteiger partial charge >= 0.3 is 6.61 Å². The zero-order chi connectivity index (χ0) is 26.6. The van der Waals surface area contributed by atoms with E-state index in [1.54, 1.807) is 29.8 Å². The highest BCUT2D eigenvalue weighted by atomic mass is 32.1. The fraction of sp³-hybridized carbons (Fsp3) is 0.423. The lowest BCUT2D eigenvalue weighted by atomic mass is 10.0. The van der Waals surface area contributed by atoms with Crippen molar-refractivity contribution < 1.29 is 18.3 Å². The Morgan fingerprint density at radius 2 is 1.89 bits per heavy atom. The predicted octanol–water partition coefficient (Wildman–Crippen LogP) is 5.10. The first-order valence-electron chi connectivity index (χ1n) is 12.7. The summed E-state index contributed by atoms with van der Waals surface area (Å²) in [7, 11) is 0. The number of hydrogen-bond acceptors (Lipinski definition) is 9. The van der Waals surface area contributed by atoms with Crippen LogP contribution in [-0.2, 0) is 0 Å². The molecule has 4 heterocycles. The van der Waals surface area contributed by atoms with Crippen LogP contribution in [0.4, 0.5) is 37.6 Å². The van der Waals surface area contributed by atoms with Gasteiger partial charge in [0.25, 0.3) is 5.91 Å². The Balaban J connectivity index is 1.32. The Morgan fingerprint density at radius 3 is 2.61 bits per heavy atom. The van der Waals surface area contributed by atoms with E-state index < -0.39 is 12.5 Å². The predicted molar refractivity (Wildman–Crippen MR) is 145 cm³/mol. The van der Waals surface area contributed by atoms with E-state index in [-0.39, 0.29) is 11.7 Å². The molecule has 0 saturated carbocycles. The molecule has 0 unspecified atom stereocenters. The SMILES string of the molecule is Cc1cnc(Nc2ccc(N3CCC(N4CCCC4)CC3)cc2OC(F)F)nc1Nc1ccsc1C(N)=O. The fourth-order valence-corrected chi connectivity index (χ4v) is 5.78. The van der Waals surface area contributed by atoms with E-state index in [0.29, 0.717) is 28.1 Å². The normalized spacial score (nSPS) is 16.7. The number of nitrogens with two attached hydrogens (primary N) is 1. The molecule has 4 N–H and O–H groups in total. The minimum atomic E-state index is -2.98. The molecule has 0 bridgehead atoms. The van der Waals surface area contributed by atoms with Crippen LogP contribution in [0.15, 0.2) is 35.8 Å². The van der Waals surface area contributed by atoms with Crippen molar-refractivity contribution in [1.29, 1.82) is 0 Å². The maximum Gasteiger partial charge on any atom is 0.387 e. The number of thiophene rings is 1. The second kappa shape index (κ2) is 11.5. The van der Waals surface area contributed by atoms with E-state index in [2.05, 4.69) is 30.4 Å². The average Bonchev–Trinajstić information content (AvgIpc) is 3.60. The second-order valence-electron chi connectivity index (χ2n) is 9.52. The molecule has 0 atom stereocenters. The molecule has 5 rings (SSSR count). The Hall–Kier alpha value is -3.51. The van der Waals surface area contributed by atoms with Crippen molar-refractivity contribution in [1.82, 2.24) is 14.9 Å². The summed E-state index contributed by atoms with van der Waals surface area (Å²) in [6, 6.07) is 7.58. The van der Waals surface area contributed by atoms with Crippen molar-refractivity contribution in [2.24, 2.45) is 5.73 Å². The molecule has 2 aromatic heterocycles. The first kappa shape index (κ1) is 26.1. The fourth-order valence-electron chi connectivity index (χ4n) is 5.08. The van der Waals surface area contributed by atoms with Gasteiger partial charge in [0.1, 0.15) is 10.7 Å². The molecule has 2 aliphatic rings. The van der Waals surface area contributed by atoms with Crippen molar-refractivity contribution >= 4 is 46.1 Å². The molecule has 9 nitrogen and oxygen atoms in total. The summed E-state index contributed by atoms with van der Waals surface area (Å²) in [5.41, 5.74) is 7.88. The van der Waals surface area contributed by atoms with Crippen LogP contribution in [0.5, 0.6) is 5.75 Å². The summed E-state index contributed by atoms with van der Waals surface area (Å²) >= 11 is 1.23. The quantitative estimate of drug-likeness (QED) is 0.342. The van der Waals surface area contributed by atoms with Gasteiger partial charge in [-0.2, -0.15) is 13.8 Å². The highest BCUT2D eigenvalue weighted by Crippen LogP contribution is 2.35. The number of rotatable bonds is 9. The van der Waals surface area contributed by atoms with Gasteiger partial charge in [-0.3, -0.25) is 4.79 Å². The van der Waals surface area contributed by atoms with E-state index in [4.69, 9.17) is 10.5 Å². The molecule has 3 aromatic rings. The number of aromatic nitrogens is 2. The number of nitrogens with zero attached hydrogens (tertiary/aromatic N) is 4. The lowest BCUT2D eigenvalue weighted by Crippen LogP contribution is -2.43. The summed E-state index contributed by atoms with van der Waals surface area (Å²) in [4.78, 5) is 25.6. The first-order valence-corrected chi connectivity index (χ1v) is 13.6. The molecule has 0 spiro atoms. The summed E-state index contributed by atoms with van der Waals surface area (Å²) in [6.07, 6.45) is 6.25. The van der Waals surface area contributed by atoms with E-state index in [0.717, 1.165) is 37.2 Å². The molecular formula is C26H31F2N7O2S. The molecule has 1 amide bonds. The lowest BCUT2D eigenvalue weighted by Gasteiger charge is -2.38. The number of carbonyl (C=O) groups is 1. The highest BCUT2D eigenvalue weighted by Gasteiger charge is 2.27. The summed E-state index contributed by atoms with van der Waals surface area (Å²) in [5.74, 6) is 0.123. The van der Waals surface area contributed by atoms with Crippen LogP contribution in [0.25, 0.3) is 0 Å². The maximum atomic E-state index is 13.3. The third-order valence-electron chi connectivity index (χ3n) is 7.03. The van der Waals surface area contributed by atoms with Gasteiger partial charge in [-0.15, -0.1) is 11.3 Å². The van der Waals surface area contributed by atoms with E-state index in [1.807, 2.05) is 13.0 Å². The van der Waals surface area contributed by atoms with Crippen molar-refractivity contribution in [2.45, 2.75) is 45.3 Å². The van der Waals surface area contributed by atoms with E-state index in [1.165, 1.54) is 37.3 Å². The van der Waals surface area contributed by atoms with Crippen LogP contribution in [-0.4, -0.2) is 59.6 Å². The number of carbonyl (C=O) groups excluding carboxylic acids is 1. The largest absolute Gasteiger partial charge is 0.433 e. The van der Waals surface area contributed by atoms with Crippen LogP contribution in [0.2, 0.25) is 0 Å². The molecule has 0 aliphatic carbocycles. The summed E-state index contributed by atoms with van der Waals surface area (Å²) in [6.45, 7) is 2.93. The molecule has 38 heavy (non-hydrogen) atoms. The third-order valence-corrected chi connectivity index (χ3v) is 7.96. The van der Waals surface area contributed by atoms with Gasteiger partial charge in [0.05, 0.1) is 11.4 Å². The Labute approximate surface area is 224 Å². The van der Waals surface area contributed by atoms with Gasteiger partial charge in [0.15, 0.2) is 5.75 Å². The highest BCUT2D eigenvalue weighted by molar-refractivity contribution is 7.12. The van der Waals surface area contributed by atoms with Crippen LogP contribution in [0.3, 0.4) is 0 Å². The van der Waals surface area contributed by atoms with Crippen molar-refractivity contribution in [3.63, 3.8) is 0 Å². The molecule has 2 aliphatic heterocycles. The minimum absolute atomic E-state index is 0.0201. The van der Waals surface area contributed by atoms with Gasteiger partial charge < -0.3 is 30.9 Å². The number of nitrogens with one attached hydrogen (secondary N) is 2. The minimum Gasteiger partial charge on any atom is -0.433 e. The Morgan fingerprint density at radius 1 is 1.13 bits per heavy atom. The molecule has 0 radical (unpaired) electrons. The first-order chi connectivity index (χ1) is 18.4. The molecule has 1 aromatic carbocycles. The molecular weight excluding hydrogens is 512 g/mol. The number of amides is 1. The number of primary amides is 1. The van der Waals surface area contributed by atoms with Crippen molar-refractivity contribution in [3.8, 4) is 5.75 Å². The molecule has 202 valence electrons. The van der Waals surface area contributed by atoms with Crippen molar-refractivity contribution in [2.75, 3.05) is 41.7 Å². The van der Waals surface area contributed by atoms with Crippen LogP contribution in [0.1, 0.15) is 40.9 Å². The summed E-state index contributed by atoms with van der Waals surface area (Å²) < 4.78 is 31.5. The van der Waals surface area contributed by atoms with Gasteiger partial charge in [-0.25, -0.2) is 4.98 Å². The number of likely N-dealkylation sites (tertiary alicyclic amines) is 1. The smallest absolute Gasteiger partial charge is 0.387 e. The zero-order valence-electron chi connectivity index (χ0n) is 21.1. The molecule has 12 heteroatoms. The summed E-state index contributed by atoms with van der Waals surface area (Å²) in [5, 5.41) is 7.86. The van der Waals surface area contributed by atoms with Crippen LogP contribution in [0, 0.1) is 6.92 Å². The second-order valence-corrected chi connectivity index (χ2v) is 10.4. The number of anilines is 5. The Kier molecular flexibility index (Phi) is 7.89. The van der Waals surface area contributed by atoms with Gasteiger partial charge in [0.2, 0.25) is 5.95 Å². The number of alkyl halides is 2. The van der Waals surface area contributed by atoms with Gasteiger partial charge in [-0.05, 0) is 69.3 Å². The monoisotopic (exact) mass is 543 g/mol. The number of aryl methyl sites for hydroxylation is 1. The molecule has 2 saturated heterocycles. The third kappa shape index (κ3) is 5.97.